The van der Waals surface area contributed by atoms with Crippen LogP contribution >= 0.6 is 0 Å². The Balaban J connectivity index is 2.32. The lowest BCUT2D eigenvalue weighted by Gasteiger charge is -2.09. The second-order valence-corrected chi connectivity index (χ2v) is 3.94. The van der Waals surface area contributed by atoms with Crippen LogP contribution in [-0.4, -0.2) is 21.6 Å². The van der Waals surface area contributed by atoms with E-state index in [1.54, 1.807) is 25.2 Å². The summed E-state index contributed by atoms with van der Waals surface area (Å²) in [5.74, 6) is -1.07. The molecule has 0 saturated carbocycles. The average Bonchev–Trinajstić information content (AvgIpc) is 2.69. The first-order valence-electron chi connectivity index (χ1n) is 5.48. The lowest BCUT2D eigenvalue weighted by Crippen LogP contribution is -2.21. The maximum Gasteiger partial charge on any atom is 0.276 e. The summed E-state index contributed by atoms with van der Waals surface area (Å²) in [6.07, 6.45) is 1.38. The summed E-state index contributed by atoms with van der Waals surface area (Å²) in [6, 6.07) is 6.47. The number of nitrogens with zero attached hydrogens (tertiary/aromatic N) is 2. The molecule has 0 aliphatic carbocycles. The van der Waals surface area contributed by atoms with Crippen molar-refractivity contribution in [3.63, 3.8) is 0 Å². The molecule has 2 aromatic rings. The van der Waals surface area contributed by atoms with Gasteiger partial charge in [-0.05, 0) is 12.1 Å². The molecule has 0 radical (unpaired) electrons. The Bertz CT molecular complexity index is 628. The monoisotopic (exact) mass is 259 g/mol. The van der Waals surface area contributed by atoms with E-state index in [2.05, 4.69) is 10.4 Å². The van der Waals surface area contributed by atoms with Crippen molar-refractivity contribution in [1.82, 2.24) is 9.78 Å². The van der Waals surface area contributed by atoms with E-state index in [1.807, 2.05) is 0 Å². The third kappa shape index (κ3) is 2.39. The highest BCUT2D eigenvalue weighted by Crippen LogP contribution is 2.17. The van der Waals surface area contributed by atoms with Crippen molar-refractivity contribution >= 4 is 23.2 Å². The molecule has 0 saturated heterocycles. The predicted molar refractivity (Wildman–Crippen MR) is 70.5 cm³/mol. The highest BCUT2D eigenvalue weighted by Gasteiger charge is 2.17. The van der Waals surface area contributed by atoms with Crippen molar-refractivity contribution in [1.29, 1.82) is 0 Å². The number of aromatic nitrogens is 2. The van der Waals surface area contributed by atoms with Crippen LogP contribution in [0.15, 0.2) is 30.5 Å². The molecule has 0 aliphatic rings. The van der Waals surface area contributed by atoms with Crippen LogP contribution in [0.4, 0.5) is 11.4 Å². The first kappa shape index (κ1) is 12.6. The van der Waals surface area contributed by atoms with Gasteiger partial charge in [0.15, 0.2) is 0 Å². The molecule has 0 unspecified atom stereocenters. The van der Waals surface area contributed by atoms with Gasteiger partial charge in [0, 0.05) is 7.05 Å². The fraction of sp³-hybridized carbons (Fsp3) is 0.0833. The number of rotatable bonds is 3. The van der Waals surface area contributed by atoms with Gasteiger partial charge in [0.05, 0.1) is 23.1 Å². The number of anilines is 2. The second-order valence-electron chi connectivity index (χ2n) is 3.94. The van der Waals surface area contributed by atoms with Crippen molar-refractivity contribution < 1.29 is 9.59 Å². The summed E-state index contributed by atoms with van der Waals surface area (Å²) >= 11 is 0. The maximum absolute atomic E-state index is 12.1. The van der Waals surface area contributed by atoms with Crippen molar-refractivity contribution in [2.75, 3.05) is 11.1 Å². The minimum absolute atomic E-state index is 0.222. The minimum atomic E-state index is -0.617. The van der Waals surface area contributed by atoms with Gasteiger partial charge in [-0.25, -0.2) is 0 Å². The number of nitrogens with one attached hydrogen (secondary N) is 1. The van der Waals surface area contributed by atoms with E-state index >= 15 is 0 Å². The normalized spacial score (nSPS) is 10.2. The number of primary amides is 1. The summed E-state index contributed by atoms with van der Waals surface area (Å²) in [5, 5.41) is 6.47. The Morgan fingerprint density at radius 1 is 1.32 bits per heavy atom. The van der Waals surface area contributed by atoms with Crippen LogP contribution in [0, 0.1) is 0 Å². The van der Waals surface area contributed by atoms with Crippen LogP contribution in [0.3, 0.4) is 0 Å². The van der Waals surface area contributed by atoms with E-state index in [4.69, 9.17) is 11.5 Å². The molecule has 1 aromatic carbocycles. The van der Waals surface area contributed by atoms with Crippen molar-refractivity contribution in [2.24, 2.45) is 12.8 Å². The number of para-hydroxylation sites is 1. The fourth-order valence-corrected chi connectivity index (χ4v) is 1.72. The first-order valence-corrected chi connectivity index (χ1v) is 5.48. The van der Waals surface area contributed by atoms with E-state index < -0.39 is 11.8 Å². The molecule has 98 valence electrons. The SMILES string of the molecule is Cn1ncc(N)c1C(=O)Nc1ccccc1C(N)=O. The lowest BCUT2D eigenvalue weighted by atomic mass is 10.1. The summed E-state index contributed by atoms with van der Waals surface area (Å²) in [4.78, 5) is 23.3. The van der Waals surface area contributed by atoms with Gasteiger partial charge in [-0.3, -0.25) is 14.3 Å². The van der Waals surface area contributed by atoms with E-state index in [9.17, 15) is 9.59 Å². The molecule has 2 rings (SSSR count). The van der Waals surface area contributed by atoms with Crippen LogP contribution in [0.5, 0.6) is 0 Å². The summed E-state index contributed by atoms with van der Waals surface area (Å²) in [7, 11) is 1.60. The predicted octanol–water partition coefficient (Wildman–Crippen LogP) is 0.354. The molecule has 1 aromatic heterocycles. The van der Waals surface area contributed by atoms with Gasteiger partial charge in [0.1, 0.15) is 5.69 Å². The van der Waals surface area contributed by atoms with Crippen molar-refractivity contribution in [3.05, 3.63) is 41.7 Å². The zero-order valence-corrected chi connectivity index (χ0v) is 10.3. The Kier molecular flexibility index (Phi) is 3.19. The summed E-state index contributed by atoms with van der Waals surface area (Å²) in [5.41, 5.74) is 11.9. The second kappa shape index (κ2) is 4.81. The standard InChI is InChI=1S/C12H13N5O2/c1-17-10(8(13)6-15-17)12(19)16-9-5-3-2-4-7(9)11(14)18/h2-6H,13H2,1H3,(H2,14,18)(H,16,19). The number of amides is 2. The van der Waals surface area contributed by atoms with E-state index in [0.29, 0.717) is 5.69 Å². The molecule has 19 heavy (non-hydrogen) atoms. The van der Waals surface area contributed by atoms with E-state index in [-0.39, 0.29) is 16.9 Å². The molecule has 0 bridgehead atoms. The van der Waals surface area contributed by atoms with Crippen LogP contribution in [0.2, 0.25) is 0 Å². The highest BCUT2D eigenvalue weighted by atomic mass is 16.2. The maximum atomic E-state index is 12.1. The Hall–Kier alpha value is -2.83. The number of carbonyl (C=O) groups is 2. The third-order valence-corrected chi connectivity index (χ3v) is 2.62. The van der Waals surface area contributed by atoms with Gasteiger partial charge in [-0.2, -0.15) is 5.10 Å². The Morgan fingerprint density at radius 3 is 2.58 bits per heavy atom. The molecule has 0 spiro atoms. The number of hydrogen-bond acceptors (Lipinski definition) is 4. The number of aryl methyl sites for hydroxylation is 1. The minimum Gasteiger partial charge on any atom is -0.396 e. The average molecular weight is 259 g/mol. The largest absolute Gasteiger partial charge is 0.396 e. The molecule has 0 atom stereocenters. The van der Waals surface area contributed by atoms with E-state index in [0.717, 1.165) is 0 Å². The topological polar surface area (TPSA) is 116 Å². The van der Waals surface area contributed by atoms with Crippen LogP contribution < -0.4 is 16.8 Å². The van der Waals surface area contributed by atoms with Crippen LogP contribution in [0.25, 0.3) is 0 Å². The van der Waals surface area contributed by atoms with Crippen LogP contribution in [0.1, 0.15) is 20.8 Å². The zero-order valence-electron chi connectivity index (χ0n) is 10.3. The summed E-state index contributed by atoms with van der Waals surface area (Å²) in [6.45, 7) is 0. The highest BCUT2D eigenvalue weighted by molar-refractivity contribution is 6.09. The number of hydrogen-bond donors (Lipinski definition) is 3. The van der Waals surface area contributed by atoms with Crippen molar-refractivity contribution in [3.8, 4) is 0 Å². The fourth-order valence-electron chi connectivity index (χ4n) is 1.72. The van der Waals surface area contributed by atoms with Gasteiger partial charge in [-0.1, -0.05) is 12.1 Å². The lowest BCUT2D eigenvalue weighted by molar-refractivity contribution is 0.100. The Morgan fingerprint density at radius 2 is 2.00 bits per heavy atom. The van der Waals surface area contributed by atoms with Gasteiger partial charge in [-0.15, -0.1) is 0 Å². The van der Waals surface area contributed by atoms with Gasteiger partial charge < -0.3 is 16.8 Å². The first-order chi connectivity index (χ1) is 9.00. The number of benzene rings is 1. The third-order valence-electron chi connectivity index (χ3n) is 2.62. The molecule has 5 N–H and O–H groups in total. The van der Waals surface area contributed by atoms with E-state index in [1.165, 1.54) is 16.9 Å². The smallest absolute Gasteiger partial charge is 0.276 e. The van der Waals surface area contributed by atoms with Crippen molar-refractivity contribution in [2.45, 2.75) is 0 Å². The summed E-state index contributed by atoms with van der Waals surface area (Å²) < 4.78 is 1.36. The zero-order chi connectivity index (χ0) is 14.0. The molecule has 0 aliphatic heterocycles. The van der Waals surface area contributed by atoms with Crippen LogP contribution in [-0.2, 0) is 7.05 Å². The molecule has 1 heterocycles. The molecule has 7 heteroatoms. The van der Waals surface area contributed by atoms with Gasteiger partial charge in [0.25, 0.3) is 11.8 Å². The van der Waals surface area contributed by atoms with Gasteiger partial charge in [0.2, 0.25) is 0 Å². The molecule has 2 amide bonds. The molecule has 7 nitrogen and oxygen atoms in total. The van der Waals surface area contributed by atoms with Gasteiger partial charge >= 0.3 is 0 Å². The number of nitrogens with two attached hydrogens (primary N) is 2. The Labute approximate surface area is 109 Å². The quantitative estimate of drug-likeness (QED) is 0.737. The number of nitrogen functional groups attached to an aromatic ring is 1. The molecular weight excluding hydrogens is 246 g/mol. The molecule has 0 fully saturated rings. The number of carbonyl (C=O) groups excluding carboxylic acids is 2. The molecular formula is C12H13N5O2.